The fraction of sp³-hybridized carbons (Fsp3) is 0.348. The predicted octanol–water partition coefficient (Wildman–Crippen LogP) is 2.97. The van der Waals surface area contributed by atoms with Crippen LogP contribution in [0, 0.1) is 5.82 Å². The van der Waals surface area contributed by atoms with E-state index in [9.17, 15) is 27.2 Å². The molecule has 2 aromatic carbocycles. The molecule has 0 aromatic heterocycles. The number of carbonyl (C=O) groups excluding carboxylic acids is 3. The van der Waals surface area contributed by atoms with Crippen LogP contribution in [-0.4, -0.2) is 56.9 Å². The third-order valence-electron chi connectivity index (χ3n) is 5.11. The summed E-state index contributed by atoms with van der Waals surface area (Å²) in [5.74, 6) is -3.08. The molecule has 1 heterocycles. The Morgan fingerprint density at radius 2 is 1.56 bits per heavy atom. The van der Waals surface area contributed by atoms with Crippen LogP contribution in [-0.2, 0) is 24.3 Å². The van der Waals surface area contributed by atoms with E-state index in [1.165, 1.54) is 28.6 Å². The Hall–Kier alpha value is -3.31. The quantitative estimate of drug-likeness (QED) is 0.563. The van der Waals surface area contributed by atoms with Crippen molar-refractivity contribution in [2.75, 3.05) is 31.6 Å². The SMILES string of the molecule is CCOC(=O)c1ccc(NC(=O)COC(=O)c2ccc(F)c(S(=O)(=O)N3CCCCC3)c2)cc1. The van der Waals surface area contributed by atoms with Crippen LogP contribution in [0.5, 0.6) is 0 Å². The number of hydrogen-bond donors (Lipinski definition) is 1. The summed E-state index contributed by atoms with van der Waals surface area (Å²) >= 11 is 0. The second kappa shape index (κ2) is 11.2. The lowest BCUT2D eigenvalue weighted by Crippen LogP contribution is -2.36. The number of nitrogens with zero attached hydrogens (tertiary/aromatic N) is 1. The molecule has 34 heavy (non-hydrogen) atoms. The van der Waals surface area contributed by atoms with E-state index in [0.29, 0.717) is 24.1 Å². The lowest BCUT2D eigenvalue weighted by molar-refractivity contribution is -0.119. The number of amides is 1. The predicted molar refractivity (Wildman–Crippen MR) is 120 cm³/mol. The average molecular weight is 493 g/mol. The number of rotatable bonds is 8. The number of piperidine rings is 1. The van der Waals surface area contributed by atoms with Crippen LogP contribution in [0.4, 0.5) is 10.1 Å². The van der Waals surface area contributed by atoms with Gasteiger partial charge in [-0.3, -0.25) is 4.79 Å². The normalized spacial score (nSPS) is 14.3. The lowest BCUT2D eigenvalue weighted by Gasteiger charge is -2.26. The van der Waals surface area contributed by atoms with Crippen molar-refractivity contribution in [3.63, 3.8) is 0 Å². The Morgan fingerprint density at radius 1 is 0.941 bits per heavy atom. The second-order valence-electron chi connectivity index (χ2n) is 7.53. The van der Waals surface area contributed by atoms with Gasteiger partial charge in [0, 0.05) is 18.8 Å². The van der Waals surface area contributed by atoms with Crippen LogP contribution in [0.3, 0.4) is 0 Å². The summed E-state index contributed by atoms with van der Waals surface area (Å²) in [4.78, 5) is 35.5. The zero-order valence-corrected chi connectivity index (χ0v) is 19.4. The van der Waals surface area contributed by atoms with Gasteiger partial charge in [0.2, 0.25) is 10.0 Å². The maximum Gasteiger partial charge on any atom is 0.338 e. The number of ether oxygens (including phenoxy) is 2. The fourth-order valence-corrected chi connectivity index (χ4v) is 5.00. The van der Waals surface area contributed by atoms with E-state index in [1.807, 2.05) is 0 Å². The summed E-state index contributed by atoms with van der Waals surface area (Å²) in [5.41, 5.74) is 0.493. The fourth-order valence-electron chi connectivity index (χ4n) is 3.39. The monoisotopic (exact) mass is 492 g/mol. The van der Waals surface area contributed by atoms with Crippen molar-refractivity contribution in [3.05, 3.63) is 59.4 Å². The highest BCUT2D eigenvalue weighted by molar-refractivity contribution is 7.89. The van der Waals surface area contributed by atoms with E-state index in [4.69, 9.17) is 9.47 Å². The largest absolute Gasteiger partial charge is 0.462 e. The number of nitrogens with one attached hydrogen (secondary N) is 1. The molecule has 1 amide bonds. The molecule has 3 rings (SSSR count). The highest BCUT2D eigenvalue weighted by Gasteiger charge is 2.29. The Balaban J connectivity index is 1.61. The van der Waals surface area contributed by atoms with E-state index in [-0.39, 0.29) is 25.3 Å². The molecule has 0 unspecified atom stereocenters. The van der Waals surface area contributed by atoms with Gasteiger partial charge in [-0.2, -0.15) is 4.31 Å². The van der Waals surface area contributed by atoms with Crippen molar-refractivity contribution in [1.82, 2.24) is 4.31 Å². The average Bonchev–Trinajstić information content (AvgIpc) is 2.84. The van der Waals surface area contributed by atoms with Gasteiger partial charge in [-0.1, -0.05) is 6.42 Å². The minimum absolute atomic E-state index is 0.191. The molecule has 0 spiro atoms. The molecule has 0 radical (unpaired) electrons. The maximum absolute atomic E-state index is 14.3. The first-order chi connectivity index (χ1) is 16.2. The number of benzene rings is 2. The molecule has 1 aliphatic rings. The summed E-state index contributed by atoms with van der Waals surface area (Å²) in [7, 11) is -4.10. The first-order valence-electron chi connectivity index (χ1n) is 10.8. The Kier molecular flexibility index (Phi) is 8.35. The van der Waals surface area contributed by atoms with Gasteiger partial charge in [0.05, 0.1) is 17.7 Å². The van der Waals surface area contributed by atoms with E-state index >= 15 is 0 Å². The molecule has 0 saturated carbocycles. The van der Waals surface area contributed by atoms with E-state index in [2.05, 4.69) is 5.32 Å². The van der Waals surface area contributed by atoms with Gasteiger partial charge in [-0.25, -0.2) is 22.4 Å². The molecule has 9 nitrogen and oxygen atoms in total. The van der Waals surface area contributed by atoms with Crippen molar-refractivity contribution in [2.45, 2.75) is 31.1 Å². The third-order valence-corrected chi connectivity index (χ3v) is 7.03. The molecule has 0 bridgehead atoms. The Bertz CT molecular complexity index is 1160. The van der Waals surface area contributed by atoms with Gasteiger partial charge in [0.15, 0.2) is 6.61 Å². The smallest absolute Gasteiger partial charge is 0.338 e. The van der Waals surface area contributed by atoms with Crippen molar-refractivity contribution in [3.8, 4) is 0 Å². The van der Waals surface area contributed by atoms with Crippen molar-refractivity contribution < 1.29 is 36.7 Å². The minimum atomic E-state index is -4.10. The zero-order chi connectivity index (χ0) is 24.7. The summed E-state index contributed by atoms with van der Waals surface area (Å²) in [6.07, 6.45) is 2.27. The van der Waals surface area contributed by atoms with Crippen LogP contribution in [0.2, 0.25) is 0 Å². The third kappa shape index (κ3) is 6.17. The molecule has 1 fully saturated rings. The van der Waals surface area contributed by atoms with Crippen LogP contribution in [0.15, 0.2) is 47.4 Å². The summed E-state index contributed by atoms with van der Waals surface area (Å²) in [6.45, 7) is 1.86. The number of halogens is 1. The number of anilines is 1. The molecular formula is C23H25FN2O7S. The molecule has 182 valence electrons. The number of sulfonamides is 1. The van der Waals surface area contributed by atoms with E-state index < -0.39 is 45.2 Å². The number of esters is 2. The first-order valence-corrected chi connectivity index (χ1v) is 12.2. The van der Waals surface area contributed by atoms with Gasteiger partial charge in [0.1, 0.15) is 10.7 Å². The standard InChI is InChI=1S/C23H25FN2O7S/c1-2-32-22(28)16-6-9-18(10-7-16)25-21(27)15-33-23(29)17-8-11-19(24)20(14-17)34(30,31)26-12-4-3-5-13-26/h6-11,14H,2-5,12-13,15H2,1H3,(H,25,27). The molecule has 1 saturated heterocycles. The maximum atomic E-state index is 14.3. The van der Waals surface area contributed by atoms with Gasteiger partial charge in [0.25, 0.3) is 5.91 Å². The zero-order valence-electron chi connectivity index (χ0n) is 18.6. The van der Waals surface area contributed by atoms with Crippen molar-refractivity contribution in [1.29, 1.82) is 0 Å². The molecule has 11 heteroatoms. The van der Waals surface area contributed by atoms with Crippen LogP contribution >= 0.6 is 0 Å². The molecule has 2 aromatic rings. The van der Waals surface area contributed by atoms with Gasteiger partial charge < -0.3 is 14.8 Å². The Morgan fingerprint density at radius 3 is 2.21 bits per heavy atom. The first kappa shape index (κ1) is 25.3. The van der Waals surface area contributed by atoms with Crippen molar-refractivity contribution in [2.24, 2.45) is 0 Å². The highest BCUT2D eigenvalue weighted by Crippen LogP contribution is 2.24. The van der Waals surface area contributed by atoms with Gasteiger partial charge >= 0.3 is 11.9 Å². The summed E-state index contributed by atoms with van der Waals surface area (Å²) < 4.78 is 50.9. The molecule has 1 aliphatic heterocycles. The number of hydrogen-bond acceptors (Lipinski definition) is 7. The highest BCUT2D eigenvalue weighted by atomic mass is 32.2. The lowest BCUT2D eigenvalue weighted by atomic mass is 10.2. The molecule has 0 aliphatic carbocycles. The molecule has 1 N–H and O–H groups in total. The molecular weight excluding hydrogens is 467 g/mol. The van der Waals surface area contributed by atoms with Crippen LogP contribution < -0.4 is 5.32 Å². The van der Waals surface area contributed by atoms with E-state index in [0.717, 1.165) is 24.6 Å². The van der Waals surface area contributed by atoms with Crippen LogP contribution in [0.25, 0.3) is 0 Å². The topological polar surface area (TPSA) is 119 Å². The van der Waals surface area contributed by atoms with Gasteiger partial charge in [-0.05, 0) is 62.2 Å². The van der Waals surface area contributed by atoms with Crippen LogP contribution in [0.1, 0.15) is 46.9 Å². The summed E-state index contributed by atoms with van der Waals surface area (Å²) in [5, 5.41) is 2.50. The number of carbonyl (C=O) groups is 3. The minimum Gasteiger partial charge on any atom is -0.462 e. The van der Waals surface area contributed by atoms with E-state index in [1.54, 1.807) is 6.92 Å². The summed E-state index contributed by atoms with van der Waals surface area (Å²) in [6, 6.07) is 8.84. The molecule has 0 atom stereocenters. The Labute approximate surface area is 196 Å². The van der Waals surface area contributed by atoms with Gasteiger partial charge in [-0.15, -0.1) is 0 Å². The second-order valence-corrected chi connectivity index (χ2v) is 9.44. The van der Waals surface area contributed by atoms with Crippen molar-refractivity contribution >= 4 is 33.6 Å².